The van der Waals surface area contributed by atoms with Crippen molar-refractivity contribution in [2.45, 2.75) is 39.0 Å². The van der Waals surface area contributed by atoms with E-state index >= 15 is 0 Å². The van der Waals surface area contributed by atoms with Gasteiger partial charge < -0.3 is 25.2 Å². The molecular weight excluding hydrogens is 477 g/mol. The Balaban J connectivity index is 1.56. The summed E-state index contributed by atoms with van der Waals surface area (Å²) in [6.45, 7) is 4.17. The van der Waals surface area contributed by atoms with Gasteiger partial charge in [-0.25, -0.2) is 0 Å². The fourth-order valence-corrected chi connectivity index (χ4v) is 3.91. The average molecular weight is 502 g/mol. The normalized spacial score (nSPS) is 14.6. The molecule has 3 aromatic rings. The van der Waals surface area contributed by atoms with Crippen LogP contribution in [0.25, 0.3) is 0 Å². The molecule has 190 valence electrons. The molecule has 3 N–H and O–H groups in total. The highest BCUT2D eigenvalue weighted by Crippen LogP contribution is 2.34. The predicted molar refractivity (Wildman–Crippen MR) is 127 cm³/mol. The van der Waals surface area contributed by atoms with Crippen LogP contribution in [0.4, 0.5) is 30.2 Å². The molecule has 8 nitrogen and oxygen atoms in total. The molecule has 0 aliphatic carbocycles. The Morgan fingerprint density at radius 3 is 2.39 bits per heavy atom. The molecule has 2 heterocycles. The number of hydrogen-bond donors (Lipinski definition) is 3. The number of halogens is 3. The van der Waals surface area contributed by atoms with Crippen molar-refractivity contribution in [1.29, 1.82) is 0 Å². The smallest absolute Gasteiger partial charge is 0.393 e. The quantitative estimate of drug-likeness (QED) is 0.464. The molecule has 2 amide bonds. The van der Waals surface area contributed by atoms with Crippen LogP contribution in [0, 0.1) is 13.8 Å². The Morgan fingerprint density at radius 1 is 1.03 bits per heavy atom. The van der Waals surface area contributed by atoms with Crippen LogP contribution in [0.15, 0.2) is 47.0 Å². The van der Waals surface area contributed by atoms with Crippen molar-refractivity contribution >= 4 is 28.9 Å². The van der Waals surface area contributed by atoms with Gasteiger partial charge in [0.25, 0.3) is 11.8 Å². The second-order valence-electron chi connectivity index (χ2n) is 8.75. The molecule has 0 unspecified atom stereocenters. The zero-order valence-corrected chi connectivity index (χ0v) is 19.6. The number of carbonyl (C=O) groups is 2. The minimum atomic E-state index is -4.64. The number of amides is 2. The van der Waals surface area contributed by atoms with E-state index in [0.29, 0.717) is 42.9 Å². The van der Waals surface area contributed by atoms with E-state index in [0.717, 1.165) is 12.1 Å². The van der Waals surface area contributed by atoms with Crippen LogP contribution in [0.2, 0.25) is 0 Å². The number of aryl methyl sites for hydroxylation is 2. The molecular formula is C25H25F3N4O4. The summed E-state index contributed by atoms with van der Waals surface area (Å²) in [5.74, 6) is -0.765. The highest BCUT2D eigenvalue weighted by Gasteiger charge is 2.33. The van der Waals surface area contributed by atoms with E-state index in [9.17, 15) is 27.9 Å². The van der Waals surface area contributed by atoms with Crippen LogP contribution in [-0.4, -0.2) is 41.3 Å². The summed E-state index contributed by atoms with van der Waals surface area (Å²) in [5.41, 5.74) is 0.651. The van der Waals surface area contributed by atoms with Gasteiger partial charge in [0.1, 0.15) is 5.76 Å². The van der Waals surface area contributed by atoms with Gasteiger partial charge in [0.05, 0.1) is 11.7 Å². The lowest BCUT2D eigenvalue weighted by Gasteiger charge is -2.32. The lowest BCUT2D eigenvalue weighted by Crippen LogP contribution is -2.36. The SMILES string of the molecule is Cc1cc(C(=O)Nc2cc(NC(=O)c3cc(N4CCC(O)CC4)cc(C(F)(F)F)c3)ccc2C)no1. The van der Waals surface area contributed by atoms with Crippen LogP contribution < -0.4 is 15.5 Å². The maximum absolute atomic E-state index is 13.6. The summed E-state index contributed by atoms with van der Waals surface area (Å²) in [5, 5.41) is 18.7. The number of alkyl halides is 3. The van der Waals surface area contributed by atoms with Crippen molar-refractivity contribution in [3.63, 3.8) is 0 Å². The van der Waals surface area contributed by atoms with Gasteiger partial charge in [-0.05, 0) is 62.6 Å². The molecule has 0 atom stereocenters. The van der Waals surface area contributed by atoms with E-state index in [4.69, 9.17) is 4.52 Å². The second-order valence-corrected chi connectivity index (χ2v) is 8.75. The molecule has 0 spiro atoms. The van der Waals surface area contributed by atoms with Crippen LogP contribution >= 0.6 is 0 Å². The number of piperidine rings is 1. The first-order chi connectivity index (χ1) is 17.0. The third kappa shape index (κ3) is 5.85. The number of aromatic nitrogens is 1. The topological polar surface area (TPSA) is 108 Å². The molecule has 0 bridgehead atoms. The molecule has 1 aliphatic rings. The van der Waals surface area contributed by atoms with Gasteiger partial charge in [-0.2, -0.15) is 13.2 Å². The van der Waals surface area contributed by atoms with Gasteiger partial charge in [-0.3, -0.25) is 9.59 Å². The van der Waals surface area contributed by atoms with Crippen LogP contribution in [-0.2, 0) is 6.18 Å². The van der Waals surface area contributed by atoms with Gasteiger partial charge >= 0.3 is 6.18 Å². The second kappa shape index (κ2) is 10.0. The monoisotopic (exact) mass is 502 g/mol. The molecule has 4 rings (SSSR count). The van der Waals surface area contributed by atoms with Gasteiger partial charge in [-0.15, -0.1) is 0 Å². The molecule has 36 heavy (non-hydrogen) atoms. The van der Waals surface area contributed by atoms with E-state index in [1.54, 1.807) is 30.9 Å². The third-order valence-corrected chi connectivity index (χ3v) is 5.94. The van der Waals surface area contributed by atoms with Gasteiger partial charge in [-0.1, -0.05) is 11.2 Å². The summed E-state index contributed by atoms with van der Waals surface area (Å²) in [6.07, 6.45) is -4.26. The van der Waals surface area contributed by atoms with E-state index in [-0.39, 0.29) is 22.6 Å². The minimum Gasteiger partial charge on any atom is -0.393 e. The minimum absolute atomic E-state index is 0.0862. The molecule has 1 fully saturated rings. The maximum atomic E-state index is 13.6. The number of rotatable bonds is 5. The lowest BCUT2D eigenvalue weighted by atomic mass is 10.0. The summed E-state index contributed by atoms with van der Waals surface area (Å²) >= 11 is 0. The highest BCUT2D eigenvalue weighted by atomic mass is 19.4. The Hall–Kier alpha value is -3.86. The number of aliphatic hydroxyl groups is 1. The zero-order valence-electron chi connectivity index (χ0n) is 19.6. The highest BCUT2D eigenvalue weighted by molar-refractivity contribution is 6.06. The first-order valence-corrected chi connectivity index (χ1v) is 11.3. The lowest BCUT2D eigenvalue weighted by molar-refractivity contribution is -0.137. The average Bonchev–Trinajstić information content (AvgIpc) is 3.27. The summed E-state index contributed by atoms with van der Waals surface area (Å²) in [6, 6.07) is 9.47. The Kier molecular flexibility index (Phi) is 7.02. The van der Waals surface area contributed by atoms with E-state index in [1.807, 2.05) is 0 Å². The zero-order chi connectivity index (χ0) is 26.0. The maximum Gasteiger partial charge on any atom is 0.416 e. The summed E-state index contributed by atoms with van der Waals surface area (Å²) < 4.78 is 45.7. The van der Waals surface area contributed by atoms with Crippen molar-refractivity contribution in [3.8, 4) is 0 Å². The number of anilines is 3. The Labute approximate surface area is 205 Å². The van der Waals surface area contributed by atoms with Crippen LogP contribution in [0.1, 0.15) is 50.6 Å². The van der Waals surface area contributed by atoms with Gasteiger partial charge in [0.2, 0.25) is 0 Å². The number of hydrogen-bond acceptors (Lipinski definition) is 6. The largest absolute Gasteiger partial charge is 0.416 e. The van der Waals surface area contributed by atoms with Crippen LogP contribution in [0.5, 0.6) is 0 Å². The molecule has 11 heteroatoms. The van der Waals surface area contributed by atoms with Crippen molar-refractivity contribution in [3.05, 3.63) is 70.6 Å². The Bertz CT molecular complexity index is 1280. The molecule has 0 radical (unpaired) electrons. The molecule has 2 aromatic carbocycles. The fraction of sp³-hybridized carbons (Fsp3) is 0.320. The number of carbonyl (C=O) groups excluding carboxylic acids is 2. The predicted octanol–water partition coefficient (Wildman–Crippen LogP) is 4.78. The number of benzene rings is 2. The van der Waals surface area contributed by atoms with E-state index in [1.165, 1.54) is 18.2 Å². The van der Waals surface area contributed by atoms with Crippen molar-refractivity contribution < 1.29 is 32.4 Å². The number of nitrogens with one attached hydrogen (secondary N) is 2. The van der Waals surface area contributed by atoms with E-state index < -0.39 is 29.7 Å². The van der Waals surface area contributed by atoms with Crippen molar-refractivity contribution in [1.82, 2.24) is 5.16 Å². The Morgan fingerprint density at radius 2 is 1.75 bits per heavy atom. The molecule has 1 aromatic heterocycles. The van der Waals surface area contributed by atoms with Crippen molar-refractivity contribution in [2.24, 2.45) is 0 Å². The van der Waals surface area contributed by atoms with Crippen LogP contribution in [0.3, 0.4) is 0 Å². The van der Waals surface area contributed by atoms with Crippen molar-refractivity contribution in [2.75, 3.05) is 28.6 Å². The van der Waals surface area contributed by atoms with E-state index in [2.05, 4.69) is 15.8 Å². The molecule has 0 saturated carbocycles. The standard InChI is InChI=1S/C25H25F3N4O4/c1-14-3-4-18(13-21(14)30-24(35)22-9-15(2)36-31-22)29-23(34)16-10-17(25(26,27)28)12-19(11-16)32-7-5-20(33)6-8-32/h3-4,9-13,20,33H,5-8H2,1-2H3,(H,29,34)(H,30,35). The molecule has 1 aliphatic heterocycles. The summed E-state index contributed by atoms with van der Waals surface area (Å²) in [7, 11) is 0. The first-order valence-electron chi connectivity index (χ1n) is 11.3. The number of aliphatic hydroxyl groups excluding tert-OH is 1. The third-order valence-electron chi connectivity index (χ3n) is 5.94. The van der Waals surface area contributed by atoms with Gasteiger partial charge in [0, 0.05) is 41.8 Å². The summed E-state index contributed by atoms with van der Waals surface area (Å²) in [4.78, 5) is 27.1. The first kappa shape index (κ1) is 25.2. The van der Waals surface area contributed by atoms with Gasteiger partial charge in [0.15, 0.2) is 5.69 Å². The number of nitrogens with zero attached hydrogens (tertiary/aromatic N) is 2. The molecule has 1 saturated heterocycles. The fourth-order valence-electron chi connectivity index (χ4n) is 3.91.